The number of nitrogens with one attached hydrogen (secondary N) is 2. The van der Waals surface area contributed by atoms with Gasteiger partial charge in [-0.2, -0.15) is 0 Å². The van der Waals surface area contributed by atoms with Gasteiger partial charge in [0, 0.05) is 5.38 Å². The van der Waals surface area contributed by atoms with Crippen molar-refractivity contribution in [3.05, 3.63) is 40.3 Å². The fourth-order valence-electron chi connectivity index (χ4n) is 1.40. The van der Waals surface area contributed by atoms with Crippen molar-refractivity contribution in [3.63, 3.8) is 0 Å². The normalized spacial score (nSPS) is 10.1. The molecule has 0 amide bonds. The van der Waals surface area contributed by atoms with Gasteiger partial charge in [-0.05, 0) is 48.3 Å². The summed E-state index contributed by atoms with van der Waals surface area (Å²) in [4.78, 5) is 0. The molecule has 1 aromatic heterocycles. The third-order valence-electron chi connectivity index (χ3n) is 2.37. The summed E-state index contributed by atoms with van der Waals surface area (Å²) in [5.74, 6) is -0.360. The third-order valence-corrected chi connectivity index (χ3v) is 3.43. The highest BCUT2D eigenvalue weighted by molar-refractivity contribution is 7.80. The lowest BCUT2D eigenvalue weighted by molar-refractivity contribution is 0.628. The number of benzene rings is 1. The van der Waals surface area contributed by atoms with Gasteiger partial charge < -0.3 is 16.4 Å². The largest absolute Gasteiger partial charge is 0.397 e. The van der Waals surface area contributed by atoms with E-state index < -0.39 is 0 Å². The minimum absolute atomic E-state index is 0.360. The molecule has 94 valence electrons. The van der Waals surface area contributed by atoms with Crippen LogP contribution in [0.3, 0.4) is 0 Å². The summed E-state index contributed by atoms with van der Waals surface area (Å²) in [6, 6.07) is 4.11. The Morgan fingerprint density at radius 3 is 2.67 bits per heavy atom. The van der Waals surface area contributed by atoms with Gasteiger partial charge in [-0.25, -0.2) is 4.39 Å². The third kappa shape index (κ3) is 2.96. The van der Waals surface area contributed by atoms with E-state index in [1.165, 1.54) is 18.2 Å². The van der Waals surface area contributed by atoms with Crippen LogP contribution in [0.25, 0.3) is 0 Å². The van der Waals surface area contributed by atoms with Gasteiger partial charge in [0.2, 0.25) is 0 Å². The number of aryl methyl sites for hydroxylation is 1. The number of rotatable bonds is 2. The van der Waals surface area contributed by atoms with E-state index in [9.17, 15) is 4.39 Å². The fraction of sp³-hybridized carbons (Fsp3) is 0.0833. The number of hydrogen-bond acceptors (Lipinski definition) is 3. The Hall–Kier alpha value is -1.66. The molecule has 4 N–H and O–H groups in total. The molecule has 0 spiro atoms. The van der Waals surface area contributed by atoms with Gasteiger partial charge in [-0.15, -0.1) is 11.3 Å². The number of thiocarbonyl (C=S) groups is 1. The Morgan fingerprint density at radius 2 is 2.00 bits per heavy atom. The van der Waals surface area contributed by atoms with Crippen LogP contribution in [0.15, 0.2) is 29.0 Å². The van der Waals surface area contributed by atoms with Crippen molar-refractivity contribution in [2.75, 3.05) is 16.4 Å². The summed E-state index contributed by atoms with van der Waals surface area (Å²) in [5, 5.41) is 10.3. The molecule has 0 unspecified atom stereocenters. The van der Waals surface area contributed by atoms with Crippen LogP contribution in [0.1, 0.15) is 5.56 Å². The summed E-state index contributed by atoms with van der Waals surface area (Å²) >= 11 is 6.74. The molecule has 0 saturated heterocycles. The van der Waals surface area contributed by atoms with Crippen molar-refractivity contribution in [3.8, 4) is 0 Å². The molecule has 0 bridgehead atoms. The first kappa shape index (κ1) is 12.8. The second-order valence-corrected chi connectivity index (χ2v) is 4.93. The Labute approximate surface area is 114 Å². The zero-order chi connectivity index (χ0) is 13.1. The molecular formula is C12H12FN3S2. The highest BCUT2D eigenvalue weighted by Gasteiger charge is 2.05. The lowest BCUT2D eigenvalue weighted by atomic mass is 10.2. The molecule has 0 saturated carbocycles. The molecule has 1 heterocycles. The van der Waals surface area contributed by atoms with E-state index in [0.29, 0.717) is 16.5 Å². The minimum atomic E-state index is -0.360. The van der Waals surface area contributed by atoms with Gasteiger partial charge in [0.05, 0.1) is 17.1 Å². The van der Waals surface area contributed by atoms with E-state index in [2.05, 4.69) is 10.6 Å². The Kier molecular flexibility index (Phi) is 3.78. The molecule has 2 rings (SSSR count). The van der Waals surface area contributed by atoms with Crippen molar-refractivity contribution in [1.82, 2.24) is 0 Å². The van der Waals surface area contributed by atoms with Gasteiger partial charge in [0.1, 0.15) is 5.82 Å². The van der Waals surface area contributed by atoms with Crippen molar-refractivity contribution in [2.24, 2.45) is 0 Å². The first-order valence-electron chi connectivity index (χ1n) is 5.22. The van der Waals surface area contributed by atoms with Crippen LogP contribution in [-0.4, -0.2) is 5.11 Å². The average molecular weight is 281 g/mol. The maximum atomic E-state index is 13.1. The second-order valence-electron chi connectivity index (χ2n) is 3.78. The highest BCUT2D eigenvalue weighted by atomic mass is 32.1. The highest BCUT2D eigenvalue weighted by Crippen LogP contribution is 2.22. The molecule has 0 radical (unpaired) electrons. The molecule has 3 nitrogen and oxygen atoms in total. The molecule has 0 aliphatic carbocycles. The van der Waals surface area contributed by atoms with Gasteiger partial charge in [0.15, 0.2) is 5.11 Å². The van der Waals surface area contributed by atoms with E-state index in [0.717, 1.165) is 11.3 Å². The van der Waals surface area contributed by atoms with Crippen LogP contribution >= 0.6 is 23.6 Å². The fourth-order valence-corrected chi connectivity index (χ4v) is 2.40. The zero-order valence-corrected chi connectivity index (χ0v) is 11.3. The molecule has 0 aliphatic heterocycles. The van der Waals surface area contributed by atoms with E-state index in [-0.39, 0.29) is 5.82 Å². The van der Waals surface area contributed by atoms with Crippen molar-refractivity contribution in [1.29, 1.82) is 0 Å². The van der Waals surface area contributed by atoms with Crippen LogP contribution in [0, 0.1) is 12.7 Å². The number of anilines is 3. The van der Waals surface area contributed by atoms with Crippen LogP contribution in [0.5, 0.6) is 0 Å². The molecule has 0 fully saturated rings. The number of nitrogen functional groups attached to an aromatic ring is 1. The molecule has 2 aromatic rings. The zero-order valence-electron chi connectivity index (χ0n) is 9.66. The van der Waals surface area contributed by atoms with Crippen LogP contribution in [-0.2, 0) is 0 Å². The topological polar surface area (TPSA) is 50.1 Å². The van der Waals surface area contributed by atoms with Gasteiger partial charge >= 0.3 is 0 Å². The average Bonchev–Trinajstić information content (AvgIpc) is 2.70. The minimum Gasteiger partial charge on any atom is -0.397 e. The van der Waals surface area contributed by atoms with Gasteiger partial charge in [-0.3, -0.25) is 0 Å². The van der Waals surface area contributed by atoms with Crippen molar-refractivity contribution in [2.45, 2.75) is 6.92 Å². The standard InChI is InChI=1S/C12H12FN3S2/c1-7-5-18-6-11(7)16-12(17)15-10-4-8(13)2-3-9(10)14/h2-6H,14H2,1H3,(H2,15,16,17). The Bertz CT molecular complexity index is 580. The molecule has 0 atom stereocenters. The van der Waals surface area contributed by atoms with Gasteiger partial charge in [-0.1, -0.05) is 0 Å². The van der Waals surface area contributed by atoms with Crippen LogP contribution < -0.4 is 16.4 Å². The quantitative estimate of drug-likeness (QED) is 0.581. The summed E-state index contributed by atoms with van der Waals surface area (Å²) in [6.07, 6.45) is 0. The van der Waals surface area contributed by atoms with Crippen LogP contribution in [0.4, 0.5) is 21.5 Å². The summed E-state index contributed by atoms with van der Waals surface area (Å²) in [6.45, 7) is 1.98. The maximum absolute atomic E-state index is 13.1. The smallest absolute Gasteiger partial charge is 0.175 e. The van der Waals surface area contributed by atoms with E-state index in [4.69, 9.17) is 18.0 Å². The lowest BCUT2D eigenvalue weighted by Crippen LogP contribution is -2.20. The summed E-state index contributed by atoms with van der Waals surface area (Å²) in [5.41, 5.74) is 8.68. The van der Waals surface area contributed by atoms with Gasteiger partial charge in [0.25, 0.3) is 0 Å². The number of thiophene rings is 1. The Morgan fingerprint density at radius 1 is 1.28 bits per heavy atom. The van der Waals surface area contributed by atoms with Crippen molar-refractivity contribution < 1.29 is 4.39 Å². The van der Waals surface area contributed by atoms with E-state index >= 15 is 0 Å². The monoisotopic (exact) mass is 281 g/mol. The first-order valence-corrected chi connectivity index (χ1v) is 6.57. The SMILES string of the molecule is Cc1cscc1NC(=S)Nc1cc(F)ccc1N. The predicted molar refractivity (Wildman–Crippen MR) is 79.7 cm³/mol. The molecule has 18 heavy (non-hydrogen) atoms. The van der Waals surface area contributed by atoms with E-state index in [1.54, 1.807) is 11.3 Å². The first-order chi connectivity index (χ1) is 8.56. The summed E-state index contributed by atoms with van der Waals surface area (Å²) in [7, 11) is 0. The Balaban J connectivity index is 2.08. The van der Waals surface area contributed by atoms with Crippen molar-refractivity contribution >= 4 is 45.7 Å². The molecule has 6 heteroatoms. The molecule has 1 aromatic carbocycles. The molecule has 0 aliphatic rings. The predicted octanol–water partition coefficient (Wildman–Crippen LogP) is 3.59. The number of halogens is 1. The number of nitrogens with two attached hydrogens (primary N) is 1. The summed E-state index contributed by atoms with van der Waals surface area (Å²) < 4.78 is 13.1. The lowest BCUT2D eigenvalue weighted by Gasteiger charge is -2.12. The van der Waals surface area contributed by atoms with Crippen LogP contribution in [0.2, 0.25) is 0 Å². The number of hydrogen-bond donors (Lipinski definition) is 3. The molecular weight excluding hydrogens is 269 g/mol. The second kappa shape index (κ2) is 5.32. The maximum Gasteiger partial charge on any atom is 0.175 e. The van der Waals surface area contributed by atoms with E-state index in [1.807, 2.05) is 17.7 Å².